The average molecular weight is 336 g/mol. The number of aliphatic imine (C=N–C) groups is 1. The molecule has 0 spiro atoms. The van der Waals surface area contributed by atoms with Gasteiger partial charge < -0.3 is 10.2 Å². The van der Waals surface area contributed by atoms with Gasteiger partial charge in [0.1, 0.15) is 0 Å². The SMILES string of the molecule is CN=C(NCc1ccn(C2CCCC2)n1)N1CCSC(C)(C)C1. The van der Waals surface area contributed by atoms with Gasteiger partial charge in [0.2, 0.25) is 0 Å². The first kappa shape index (κ1) is 16.7. The van der Waals surface area contributed by atoms with Crippen LogP contribution >= 0.6 is 11.8 Å². The van der Waals surface area contributed by atoms with E-state index in [0.29, 0.717) is 10.8 Å². The fourth-order valence-corrected chi connectivity index (χ4v) is 4.65. The fourth-order valence-electron chi connectivity index (χ4n) is 3.54. The van der Waals surface area contributed by atoms with Gasteiger partial charge in [0, 0.05) is 36.8 Å². The molecule has 1 aromatic heterocycles. The zero-order valence-corrected chi connectivity index (χ0v) is 15.4. The molecule has 0 bridgehead atoms. The number of guanidine groups is 1. The van der Waals surface area contributed by atoms with Gasteiger partial charge in [-0.3, -0.25) is 9.67 Å². The van der Waals surface area contributed by atoms with Crippen LogP contribution in [0.5, 0.6) is 0 Å². The van der Waals surface area contributed by atoms with Gasteiger partial charge >= 0.3 is 0 Å². The summed E-state index contributed by atoms with van der Waals surface area (Å²) in [5, 5.41) is 8.24. The Morgan fingerprint density at radius 3 is 2.91 bits per heavy atom. The summed E-state index contributed by atoms with van der Waals surface area (Å²) >= 11 is 2.04. The molecule has 128 valence electrons. The number of thioether (sulfide) groups is 1. The molecule has 2 fully saturated rings. The summed E-state index contributed by atoms with van der Waals surface area (Å²) in [4.78, 5) is 6.83. The van der Waals surface area contributed by atoms with Gasteiger partial charge in [-0.15, -0.1) is 0 Å². The van der Waals surface area contributed by atoms with E-state index in [1.54, 1.807) is 0 Å². The maximum Gasteiger partial charge on any atom is 0.194 e. The van der Waals surface area contributed by atoms with E-state index in [1.807, 2.05) is 18.8 Å². The number of rotatable bonds is 3. The maximum absolute atomic E-state index is 4.75. The minimum Gasteiger partial charge on any atom is -0.351 e. The summed E-state index contributed by atoms with van der Waals surface area (Å²) in [6, 6.07) is 2.75. The molecule has 1 saturated carbocycles. The zero-order valence-electron chi connectivity index (χ0n) is 14.6. The molecule has 2 aliphatic rings. The highest BCUT2D eigenvalue weighted by molar-refractivity contribution is 8.00. The summed E-state index contributed by atoms with van der Waals surface area (Å²) in [6.07, 6.45) is 7.37. The van der Waals surface area contributed by atoms with Crippen molar-refractivity contribution in [3.63, 3.8) is 0 Å². The summed E-state index contributed by atoms with van der Waals surface area (Å²) in [6.45, 7) is 7.45. The van der Waals surface area contributed by atoms with Crippen molar-refractivity contribution in [2.75, 3.05) is 25.9 Å². The molecule has 1 saturated heterocycles. The predicted molar refractivity (Wildman–Crippen MR) is 98.0 cm³/mol. The first-order valence-electron chi connectivity index (χ1n) is 8.71. The van der Waals surface area contributed by atoms with E-state index in [4.69, 9.17) is 5.10 Å². The topological polar surface area (TPSA) is 45.5 Å². The van der Waals surface area contributed by atoms with Crippen molar-refractivity contribution in [1.29, 1.82) is 0 Å². The second-order valence-electron chi connectivity index (χ2n) is 7.16. The highest BCUT2D eigenvalue weighted by Gasteiger charge is 2.28. The van der Waals surface area contributed by atoms with Crippen LogP contribution in [0.1, 0.15) is 51.3 Å². The Morgan fingerprint density at radius 2 is 2.22 bits per heavy atom. The van der Waals surface area contributed by atoms with Crippen molar-refractivity contribution >= 4 is 17.7 Å². The van der Waals surface area contributed by atoms with Crippen molar-refractivity contribution in [2.45, 2.75) is 56.9 Å². The summed E-state index contributed by atoms with van der Waals surface area (Å²) < 4.78 is 2.45. The highest BCUT2D eigenvalue weighted by atomic mass is 32.2. The lowest BCUT2D eigenvalue weighted by molar-refractivity contribution is 0.375. The van der Waals surface area contributed by atoms with E-state index < -0.39 is 0 Å². The lowest BCUT2D eigenvalue weighted by Gasteiger charge is -2.39. The van der Waals surface area contributed by atoms with Gasteiger partial charge in [0.25, 0.3) is 0 Å². The lowest BCUT2D eigenvalue weighted by atomic mass is 10.2. The Morgan fingerprint density at radius 1 is 1.43 bits per heavy atom. The third-order valence-electron chi connectivity index (χ3n) is 4.73. The molecule has 6 heteroatoms. The molecule has 1 aromatic rings. The van der Waals surface area contributed by atoms with E-state index in [0.717, 1.165) is 37.0 Å². The summed E-state index contributed by atoms with van der Waals surface area (Å²) in [7, 11) is 1.87. The molecule has 1 N–H and O–H groups in total. The van der Waals surface area contributed by atoms with Gasteiger partial charge in [-0.05, 0) is 32.8 Å². The maximum atomic E-state index is 4.75. The van der Waals surface area contributed by atoms with Crippen LogP contribution in [0.15, 0.2) is 17.3 Å². The average Bonchev–Trinajstić information content (AvgIpc) is 3.18. The number of nitrogens with one attached hydrogen (secondary N) is 1. The van der Waals surface area contributed by atoms with Crippen LogP contribution < -0.4 is 5.32 Å². The molecule has 0 aromatic carbocycles. The van der Waals surface area contributed by atoms with Crippen LogP contribution in [0.2, 0.25) is 0 Å². The van der Waals surface area contributed by atoms with Gasteiger partial charge in [-0.2, -0.15) is 16.9 Å². The zero-order chi connectivity index (χ0) is 16.3. The molecular weight excluding hydrogens is 306 g/mol. The number of hydrogen-bond donors (Lipinski definition) is 1. The van der Waals surface area contributed by atoms with E-state index in [9.17, 15) is 0 Å². The monoisotopic (exact) mass is 335 g/mol. The Labute approximate surface area is 143 Å². The Bertz CT molecular complexity index is 545. The van der Waals surface area contributed by atoms with Crippen LogP contribution in [0.25, 0.3) is 0 Å². The Kier molecular flexibility index (Phi) is 5.19. The Hall–Kier alpha value is -1.17. The van der Waals surface area contributed by atoms with E-state index >= 15 is 0 Å². The standard InChI is InChI=1S/C17H29N5S/c1-17(2)13-21(10-11-23-17)16(18-3)19-12-14-8-9-22(20-14)15-6-4-5-7-15/h8-9,15H,4-7,10-13H2,1-3H3,(H,18,19). The third kappa shape index (κ3) is 4.22. The number of nitrogens with zero attached hydrogens (tertiary/aromatic N) is 4. The van der Waals surface area contributed by atoms with E-state index in [-0.39, 0.29) is 0 Å². The number of aromatic nitrogens is 2. The largest absolute Gasteiger partial charge is 0.351 e. The highest BCUT2D eigenvalue weighted by Crippen LogP contribution is 2.30. The molecule has 1 aliphatic carbocycles. The van der Waals surface area contributed by atoms with E-state index in [2.05, 4.69) is 46.0 Å². The van der Waals surface area contributed by atoms with Crippen LogP contribution in [0, 0.1) is 0 Å². The molecule has 2 heterocycles. The lowest BCUT2D eigenvalue weighted by Crippen LogP contribution is -2.50. The second kappa shape index (κ2) is 7.16. The Balaban J connectivity index is 1.56. The third-order valence-corrected chi connectivity index (χ3v) is 6.02. The van der Waals surface area contributed by atoms with Crippen LogP contribution in [0.3, 0.4) is 0 Å². The van der Waals surface area contributed by atoms with Crippen molar-refractivity contribution < 1.29 is 0 Å². The first-order valence-corrected chi connectivity index (χ1v) is 9.69. The normalized spacial score (nSPS) is 22.6. The molecule has 3 rings (SSSR count). The fraction of sp³-hybridized carbons (Fsp3) is 0.765. The molecule has 5 nitrogen and oxygen atoms in total. The smallest absolute Gasteiger partial charge is 0.194 e. The summed E-state index contributed by atoms with van der Waals surface area (Å²) in [5.41, 5.74) is 1.10. The quantitative estimate of drug-likeness (QED) is 0.681. The van der Waals surface area contributed by atoms with Crippen LogP contribution in [-0.4, -0.2) is 51.3 Å². The van der Waals surface area contributed by atoms with Crippen molar-refractivity contribution in [1.82, 2.24) is 20.0 Å². The van der Waals surface area contributed by atoms with E-state index in [1.165, 1.54) is 25.7 Å². The van der Waals surface area contributed by atoms with Gasteiger partial charge in [-0.1, -0.05) is 12.8 Å². The van der Waals surface area contributed by atoms with Crippen LogP contribution in [-0.2, 0) is 6.54 Å². The minimum atomic E-state index is 0.292. The molecule has 0 unspecified atom stereocenters. The van der Waals surface area contributed by atoms with Crippen molar-refractivity contribution in [3.8, 4) is 0 Å². The first-order chi connectivity index (χ1) is 11.1. The predicted octanol–water partition coefficient (Wildman–Crippen LogP) is 2.90. The molecule has 0 atom stereocenters. The molecule has 1 aliphatic heterocycles. The van der Waals surface area contributed by atoms with Crippen molar-refractivity contribution in [2.24, 2.45) is 4.99 Å². The van der Waals surface area contributed by atoms with Gasteiger partial charge in [-0.25, -0.2) is 0 Å². The second-order valence-corrected chi connectivity index (χ2v) is 8.96. The molecule has 0 amide bonds. The summed E-state index contributed by atoms with van der Waals surface area (Å²) in [5.74, 6) is 2.15. The van der Waals surface area contributed by atoms with Gasteiger partial charge in [0.05, 0.1) is 18.3 Å². The molecule has 23 heavy (non-hydrogen) atoms. The number of hydrogen-bond acceptors (Lipinski definition) is 3. The molecule has 0 radical (unpaired) electrons. The van der Waals surface area contributed by atoms with Gasteiger partial charge in [0.15, 0.2) is 5.96 Å². The van der Waals surface area contributed by atoms with Crippen LogP contribution in [0.4, 0.5) is 0 Å². The van der Waals surface area contributed by atoms with Crippen molar-refractivity contribution in [3.05, 3.63) is 18.0 Å². The molecular formula is C17H29N5S. The minimum absolute atomic E-state index is 0.292.